The molecule has 0 saturated carbocycles. The van der Waals surface area contributed by atoms with Gasteiger partial charge in [0.2, 0.25) is 0 Å². The summed E-state index contributed by atoms with van der Waals surface area (Å²) in [4.78, 5) is 26.2. The third-order valence-corrected chi connectivity index (χ3v) is 7.81. The number of rotatable bonds is 7. The van der Waals surface area contributed by atoms with E-state index in [-0.39, 0.29) is 16.5 Å². The molecule has 1 aliphatic carbocycles. The molecule has 1 aromatic heterocycles. The molecule has 1 heterocycles. The lowest BCUT2D eigenvalue weighted by molar-refractivity contribution is -0.385. The van der Waals surface area contributed by atoms with Crippen molar-refractivity contribution in [1.29, 1.82) is 0 Å². The van der Waals surface area contributed by atoms with Crippen LogP contribution in [0.2, 0.25) is 0 Å². The molecular formula is C23H22N4O5S2. The number of nitro benzene ring substituents is 1. The van der Waals surface area contributed by atoms with Gasteiger partial charge in [0.15, 0.2) is 0 Å². The van der Waals surface area contributed by atoms with Gasteiger partial charge in [-0.3, -0.25) is 14.9 Å². The van der Waals surface area contributed by atoms with Crippen molar-refractivity contribution in [2.24, 2.45) is 5.10 Å². The minimum Gasteiger partial charge on any atom is -0.322 e. The molecule has 0 fully saturated rings. The van der Waals surface area contributed by atoms with Crippen LogP contribution in [0.4, 0.5) is 11.4 Å². The van der Waals surface area contributed by atoms with Gasteiger partial charge in [-0.2, -0.15) is 18.4 Å². The number of hydrogen-bond donors (Lipinski definition) is 2. The van der Waals surface area contributed by atoms with Crippen LogP contribution in [0.15, 0.2) is 63.9 Å². The van der Waals surface area contributed by atoms with Crippen LogP contribution in [0.5, 0.6) is 0 Å². The summed E-state index contributed by atoms with van der Waals surface area (Å²) < 4.78 is 25.0. The topological polar surface area (TPSA) is 131 Å². The molecule has 0 aliphatic heterocycles. The van der Waals surface area contributed by atoms with Crippen molar-refractivity contribution in [3.05, 3.63) is 85.6 Å². The van der Waals surface area contributed by atoms with Crippen molar-refractivity contribution in [2.45, 2.75) is 37.5 Å². The minimum atomic E-state index is -4.10. The summed E-state index contributed by atoms with van der Waals surface area (Å²) in [5.41, 5.74) is 3.04. The van der Waals surface area contributed by atoms with E-state index in [0.717, 1.165) is 37.3 Å². The van der Waals surface area contributed by atoms with Gasteiger partial charge in [0.1, 0.15) is 0 Å². The monoisotopic (exact) mass is 498 g/mol. The summed E-state index contributed by atoms with van der Waals surface area (Å²) in [6.07, 6.45) is 4.17. The number of thiophene rings is 1. The van der Waals surface area contributed by atoms with Crippen LogP contribution in [0.3, 0.4) is 0 Å². The van der Waals surface area contributed by atoms with Crippen LogP contribution in [0.1, 0.15) is 46.1 Å². The largest absolute Gasteiger partial charge is 0.322 e. The van der Waals surface area contributed by atoms with Crippen LogP contribution in [-0.4, -0.2) is 25.0 Å². The maximum atomic E-state index is 12.8. The van der Waals surface area contributed by atoms with Crippen molar-refractivity contribution >= 4 is 44.4 Å². The quantitative estimate of drug-likeness (QED) is 0.281. The molecule has 9 nitrogen and oxygen atoms in total. The Kier molecular flexibility index (Phi) is 6.75. The summed E-state index contributed by atoms with van der Waals surface area (Å²) >= 11 is 1.63. The van der Waals surface area contributed by atoms with Crippen molar-refractivity contribution in [1.82, 2.24) is 4.83 Å². The normalized spacial score (nSPS) is 13.7. The maximum Gasteiger partial charge on any atom is 0.276 e. The number of sulfonamides is 1. The number of amides is 1. The standard InChI is InChI=1S/C23H22N4O5S2/c1-15(25-26-34(31,32)19-9-5-8-18(13-19)27(29)30)16-6-4-7-17(12-16)24-23(28)21-14-33-22-11-3-2-10-20(21)22/h4-9,12-14,26H,2-3,10-11H2,1H3,(H,24,28). The molecule has 1 amide bonds. The highest BCUT2D eigenvalue weighted by Crippen LogP contribution is 2.30. The molecule has 0 atom stereocenters. The van der Waals surface area contributed by atoms with Gasteiger partial charge in [-0.25, -0.2) is 0 Å². The van der Waals surface area contributed by atoms with E-state index in [0.29, 0.717) is 22.5 Å². The lowest BCUT2D eigenvalue weighted by Gasteiger charge is -2.13. The first-order chi connectivity index (χ1) is 16.2. The Morgan fingerprint density at radius 1 is 1.12 bits per heavy atom. The number of benzene rings is 2. The Labute approximate surface area is 200 Å². The Morgan fingerprint density at radius 3 is 2.68 bits per heavy atom. The zero-order valence-electron chi connectivity index (χ0n) is 18.3. The van der Waals surface area contributed by atoms with Crippen LogP contribution in [-0.2, 0) is 22.9 Å². The fraction of sp³-hybridized carbons (Fsp3) is 0.217. The average molecular weight is 499 g/mol. The van der Waals surface area contributed by atoms with E-state index in [1.807, 2.05) is 5.38 Å². The van der Waals surface area contributed by atoms with E-state index in [2.05, 4.69) is 15.2 Å². The fourth-order valence-electron chi connectivity index (χ4n) is 3.71. The third kappa shape index (κ3) is 5.15. The van der Waals surface area contributed by atoms with Gasteiger partial charge in [-0.15, -0.1) is 11.3 Å². The van der Waals surface area contributed by atoms with Crippen LogP contribution in [0, 0.1) is 10.1 Å². The predicted molar refractivity (Wildman–Crippen MR) is 131 cm³/mol. The van der Waals surface area contributed by atoms with Crippen LogP contribution in [0.25, 0.3) is 0 Å². The highest BCUT2D eigenvalue weighted by atomic mass is 32.2. The molecule has 11 heteroatoms. The molecule has 3 aromatic rings. The van der Waals surface area contributed by atoms with Gasteiger partial charge in [0, 0.05) is 28.1 Å². The summed E-state index contributed by atoms with van der Waals surface area (Å²) in [6, 6.07) is 11.6. The molecule has 4 rings (SSSR count). The highest BCUT2D eigenvalue weighted by molar-refractivity contribution is 7.89. The van der Waals surface area contributed by atoms with E-state index in [9.17, 15) is 23.3 Å². The smallest absolute Gasteiger partial charge is 0.276 e. The number of hydrogen-bond acceptors (Lipinski definition) is 7. The van der Waals surface area contributed by atoms with E-state index in [1.165, 1.54) is 23.1 Å². The van der Waals surface area contributed by atoms with Crippen LogP contribution < -0.4 is 10.1 Å². The lowest BCUT2D eigenvalue weighted by Crippen LogP contribution is -2.20. The average Bonchev–Trinajstić information content (AvgIpc) is 3.27. The van der Waals surface area contributed by atoms with Gasteiger partial charge in [0.05, 0.1) is 21.1 Å². The molecule has 176 valence electrons. The number of carbonyl (C=O) groups is 1. The molecule has 2 N–H and O–H groups in total. The van der Waals surface area contributed by atoms with E-state index < -0.39 is 14.9 Å². The van der Waals surface area contributed by atoms with Gasteiger partial charge in [-0.1, -0.05) is 18.2 Å². The first-order valence-corrected chi connectivity index (χ1v) is 12.9. The Morgan fingerprint density at radius 2 is 1.88 bits per heavy atom. The van der Waals surface area contributed by atoms with Crippen molar-refractivity contribution < 1.29 is 18.1 Å². The summed E-state index contributed by atoms with van der Waals surface area (Å²) in [5, 5.41) is 19.7. The number of nitrogens with one attached hydrogen (secondary N) is 2. The molecule has 0 saturated heterocycles. The Balaban J connectivity index is 1.49. The van der Waals surface area contributed by atoms with E-state index in [4.69, 9.17) is 0 Å². The minimum absolute atomic E-state index is 0.169. The lowest BCUT2D eigenvalue weighted by atomic mass is 9.95. The molecule has 1 aliphatic rings. The molecule has 0 radical (unpaired) electrons. The Bertz CT molecular complexity index is 1400. The number of fused-ring (bicyclic) bond motifs is 1. The second kappa shape index (κ2) is 9.74. The number of aryl methyl sites for hydroxylation is 1. The van der Waals surface area contributed by atoms with Crippen molar-refractivity contribution in [2.75, 3.05) is 5.32 Å². The molecule has 0 spiro atoms. The summed E-state index contributed by atoms with van der Waals surface area (Å²) in [7, 11) is -4.10. The second-order valence-corrected chi connectivity index (χ2v) is 10.5. The molecule has 34 heavy (non-hydrogen) atoms. The SMILES string of the molecule is CC(=NNS(=O)(=O)c1cccc([N+](=O)[O-])c1)c1cccc(NC(=O)c2csc3c2CCCC3)c1. The highest BCUT2D eigenvalue weighted by Gasteiger charge is 2.20. The predicted octanol–water partition coefficient (Wildman–Crippen LogP) is 4.49. The van der Waals surface area contributed by atoms with Gasteiger partial charge < -0.3 is 5.32 Å². The number of nitro groups is 1. The fourth-order valence-corrected chi connectivity index (χ4v) is 5.74. The Hall–Kier alpha value is -3.57. The first kappa shape index (κ1) is 23.6. The zero-order chi connectivity index (χ0) is 24.3. The van der Waals surface area contributed by atoms with E-state index in [1.54, 1.807) is 42.5 Å². The number of anilines is 1. The van der Waals surface area contributed by atoms with Gasteiger partial charge >= 0.3 is 0 Å². The molecule has 0 unspecified atom stereocenters. The maximum absolute atomic E-state index is 12.8. The molecular weight excluding hydrogens is 476 g/mol. The molecule has 0 bridgehead atoms. The van der Waals surface area contributed by atoms with Crippen LogP contribution >= 0.6 is 11.3 Å². The number of hydrazone groups is 1. The first-order valence-electron chi connectivity index (χ1n) is 10.6. The zero-order valence-corrected chi connectivity index (χ0v) is 19.9. The number of non-ortho nitro benzene ring substituents is 1. The summed E-state index contributed by atoms with van der Waals surface area (Å²) in [6.45, 7) is 1.62. The third-order valence-electron chi connectivity index (χ3n) is 5.52. The van der Waals surface area contributed by atoms with Crippen molar-refractivity contribution in [3.63, 3.8) is 0 Å². The number of carbonyl (C=O) groups excluding carboxylic acids is 1. The van der Waals surface area contributed by atoms with Crippen molar-refractivity contribution in [3.8, 4) is 0 Å². The molecule has 2 aromatic carbocycles. The van der Waals surface area contributed by atoms with Gasteiger partial charge in [0.25, 0.3) is 21.6 Å². The van der Waals surface area contributed by atoms with E-state index >= 15 is 0 Å². The van der Waals surface area contributed by atoms with Gasteiger partial charge in [-0.05, 0) is 61.9 Å². The summed E-state index contributed by atoms with van der Waals surface area (Å²) in [5.74, 6) is -0.169. The number of nitrogens with zero attached hydrogens (tertiary/aromatic N) is 2. The second-order valence-electron chi connectivity index (χ2n) is 7.84.